The number of benzene rings is 1. The molecule has 1 aromatic rings. The first-order chi connectivity index (χ1) is 10.6. The van der Waals surface area contributed by atoms with Gasteiger partial charge in [-0.2, -0.15) is 5.10 Å². The van der Waals surface area contributed by atoms with Crippen LogP contribution in [0.1, 0.15) is 26.2 Å². The molecule has 118 valence electrons. The number of likely N-dealkylation sites (tertiary alicyclic amines) is 1. The fourth-order valence-corrected chi connectivity index (χ4v) is 3.52. The molecule has 22 heavy (non-hydrogen) atoms. The Morgan fingerprint density at radius 2 is 2.09 bits per heavy atom. The van der Waals surface area contributed by atoms with Crippen molar-refractivity contribution in [2.75, 3.05) is 18.1 Å². The molecule has 1 saturated heterocycles. The van der Waals surface area contributed by atoms with Gasteiger partial charge in [-0.05, 0) is 43.9 Å². The van der Waals surface area contributed by atoms with E-state index in [0.29, 0.717) is 5.92 Å². The largest absolute Gasteiger partial charge is 0.345 e. The number of amides is 1. The number of carbonyl (C=O) groups is 1. The number of anilines is 1. The smallest absolute Gasteiger partial charge is 0.209 e. The van der Waals surface area contributed by atoms with E-state index in [-0.39, 0.29) is 11.1 Å². The van der Waals surface area contributed by atoms with E-state index in [1.54, 1.807) is 12.1 Å². The van der Waals surface area contributed by atoms with Crippen molar-refractivity contribution in [3.63, 3.8) is 0 Å². The maximum absolute atomic E-state index is 13.4. The van der Waals surface area contributed by atoms with Crippen LogP contribution in [0.25, 0.3) is 0 Å². The molecule has 4 nitrogen and oxygen atoms in total. The Bertz CT molecular complexity index is 599. The van der Waals surface area contributed by atoms with Gasteiger partial charge in [0.15, 0.2) is 0 Å². The number of piperidine rings is 1. The molecule has 2 heterocycles. The molecule has 1 atom stereocenters. The summed E-state index contributed by atoms with van der Waals surface area (Å²) in [7, 11) is 0. The quantitative estimate of drug-likeness (QED) is 0.800. The van der Waals surface area contributed by atoms with Crippen molar-refractivity contribution in [2.45, 2.75) is 32.2 Å². The standard InChI is InChI=1S/C16H19ClFN3O/c1-11-8-16(12-4-6-20(10-22)7-5-12)21(19-11)13-2-3-15(18)14(17)9-13/h2-3,9-10,12,16H,4-8H2,1H3. The second kappa shape index (κ2) is 6.24. The molecule has 6 heteroatoms. The van der Waals surface area contributed by atoms with Gasteiger partial charge >= 0.3 is 0 Å². The maximum atomic E-state index is 13.4. The summed E-state index contributed by atoms with van der Waals surface area (Å²) in [5.74, 6) is 0.0578. The van der Waals surface area contributed by atoms with Gasteiger partial charge in [0.25, 0.3) is 0 Å². The molecule has 0 bridgehead atoms. The summed E-state index contributed by atoms with van der Waals surface area (Å²) in [4.78, 5) is 12.7. The van der Waals surface area contributed by atoms with Crippen LogP contribution in [0.4, 0.5) is 10.1 Å². The van der Waals surface area contributed by atoms with Crippen molar-refractivity contribution in [3.05, 3.63) is 29.0 Å². The van der Waals surface area contributed by atoms with Crippen molar-refractivity contribution in [1.29, 1.82) is 0 Å². The van der Waals surface area contributed by atoms with E-state index in [1.807, 2.05) is 16.8 Å². The van der Waals surface area contributed by atoms with Crippen LogP contribution < -0.4 is 5.01 Å². The van der Waals surface area contributed by atoms with Gasteiger partial charge < -0.3 is 4.90 Å². The zero-order chi connectivity index (χ0) is 15.7. The Kier molecular flexibility index (Phi) is 4.34. The molecule has 1 fully saturated rings. The van der Waals surface area contributed by atoms with Crippen molar-refractivity contribution in [2.24, 2.45) is 11.0 Å². The van der Waals surface area contributed by atoms with Crippen molar-refractivity contribution in [3.8, 4) is 0 Å². The van der Waals surface area contributed by atoms with Crippen LogP contribution in [-0.2, 0) is 4.79 Å². The molecule has 2 aliphatic rings. The SMILES string of the molecule is CC1=NN(c2ccc(F)c(Cl)c2)C(C2CCN(C=O)CC2)C1. The first kappa shape index (κ1) is 15.3. The van der Waals surface area contributed by atoms with E-state index in [4.69, 9.17) is 11.6 Å². The van der Waals surface area contributed by atoms with Crippen LogP contribution in [0.3, 0.4) is 0 Å². The summed E-state index contributed by atoms with van der Waals surface area (Å²) >= 11 is 5.90. The predicted molar refractivity (Wildman–Crippen MR) is 85.8 cm³/mol. The third kappa shape index (κ3) is 2.95. The predicted octanol–water partition coefficient (Wildman–Crippen LogP) is 3.30. The van der Waals surface area contributed by atoms with Gasteiger partial charge in [-0.15, -0.1) is 0 Å². The van der Waals surface area contributed by atoms with Crippen LogP contribution in [0.15, 0.2) is 23.3 Å². The van der Waals surface area contributed by atoms with Gasteiger partial charge in [-0.1, -0.05) is 11.6 Å². The summed E-state index contributed by atoms with van der Waals surface area (Å²) in [6.07, 6.45) is 3.76. The van der Waals surface area contributed by atoms with Crippen LogP contribution in [0.5, 0.6) is 0 Å². The number of rotatable bonds is 3. The van der Waals surface area contributed by atoms with E-state index in [1.165, 1.54) is 6.07 Å². The lowest BCUT2D eigenvalue weighted by molar-refractivity contribution is -0.119. The second-order valence-corrected chi connectivity index (χ2v) is 6.44. The Morgan fingerprint density at radius 3 is 2.73 bits per heavy atom. The normalized spacial score (nSPS) is 22.9. The van der Waals surface area contributed by atoms with Gasteiger partial charge in [0.1, 0.15) is 5.82 Å². The van der Waals surface area contributed by atoms with Crippen molar-refractivity contribution >= 4 is 29.4 Å². The topological polar surface area (TPSA) is 35.9 Å². The van der Waals surface area contributed by atoms with E-state index in [2.05, 4.69) is 5.10 Å². The van der Waals surface area contributed by atoms with Gasteiger partial charge in [0.05, 0.1) is 16.8 Å². The number of hydrogen-bond donors (Lipinski definition) is 0. The lowest BCUT2D eigenvalue weighted by Gasteiger charge is -2.36. The van der Waals surface area contributed by atoms with Crippen molar-refractivity contribution in [1.82, 2.24) is 4.90 Å². The summed E-state index contributed by atoms with van der Waals surface area (Å²) in [6.45, 7) is 3.60. The highest BCUT2D eigenvalue weighted by molar-refractivity contribution is 6.31. The second-order valence-electron chi connectivity index (χ2n) is 6.03. The Hall–Kier alpha value is -1.62. The molecule has 2 aliphatic heterocycles. The summed E-state index contributed by atoms with van der Waals surface area (Å²) < 4.78 is 13.4. The van der Waals surface area contributed by atoms with Gasteiger partial charge in [0, 0.05) is 25.2 Å². The number of carbonyl (C=O) groups excluding carboxylic acids is 1. The van der Waals surface area contributed by atoms with E-state index in [9.17, 15) is 9.18 Å². The Balaban J connectivity index is 1.79. The minimum Gasteiger partial charge on any atom is -0.345 e. The summed E-state index contributed by atoms with van der Waals surface area (Å²) in [5.41, 5.74) is 1.90. The summed E-state index contributed by atoms with van der Waals surface area (Å²) in [6, 6.07) is 4.99. The molecule has 1 aromatic carbocycles. The highest BCUT2D eigenvalue weighted by Crippen LogP contribution is 2.34. The van der Waals surface area contributed by atoms with E-state index in [0.717, 1.165) is 50.2 Å². The number of hydrazone groups is 1. The molecule has 0 N–H and O–H groups in total. The van der Waals surface area contributed by atoms with Crippen molar-refractivity contribution < 1.29 is 9.18 Å². The molecule has 0 spiro atoms. The zero-order valence-corrected chi connectivity index (χ0v) is 13.3. The molecule has 1 amide bonds. The monoisotopic (exact) mass is 323 g/mol. The van der Waals surface area contributed by atoms with E-state index >= 15 is 0 Å². The van der Waals surface area contributed by atoms with Crippen LogP contribution in [0, 0.1) is 11.7 Å². The molecule has 0 aromatic heterocycles. The lowest BCUT2D eigenvalue weighted by Crippen LogP contribution is -2.41. The maximum Gasteiger partial charge on any atom is 0.209 e. The molecule has 0 aliphatic carbocycles. The number of nitrogens with zero attached hydrogens (tertiary/aromatic N) is 3. The fourth-order valence-electron chi connectivity index (χ4n) is 3.34. The summed E-state index contributed by atoms with van der Waals surface area (Å²) in [5, 5.41) is 6.70. The minimum atomic E-state index is -0.416. The molecular weight excluding hydrogens is 305 g/mol. The highest BCUT2D eigenvalue weighted by Gasteiger charge is 2.34. The molecule has 1 unspecified atom stereocenters. The molecule has 3 rings (SSSR count). The Labute approximate surface area is 134 Å². The first-order valence-electron chi connectivity index (χ1n) is 7.56. The zero-order valence-electron chi connectivity index (χ0n) is 12.5. The van der Waals surface area contributed by atoms with Gasteiger partial charge in [-0.25, -0.2) is 4.39 Å². The van der Waals surface area contributed by atoms with Crippen LogP contribution in [0.2, 0.25) is 5.02 Å². The van der Waals surface area contributed by atoms with E-state index < -0.39 is 5.82 Å². The first-order valence-corrected chi connectivity index (χ1v) is 7.94. The van der Waals surface area contributed by atoms with Crippen LogP contribution >= 0.6 is 11.6 Å². The molecule has 0 radical (unpaired) electrons. The fraction of sp³-hybridized carbons (Fsp3) is 0.500. The van der Waals surface area contributed by atoms with Gasteiger partial charge in [0.2, 0.25) is 6.41 Å². The lowest BCUT2D eigenvalue weighted by atomic mass is 9.87. The van der Waals surface area contributed by atoms with Gasteiger partial charge in [-0.3, -0.25) is 9.80 Å². The molecule has 0 saturated carbocycles. The highest BCUT2D eigenvalue weighted by atomic mass is 35.5. The minimum absolute atomic E-state index is 0.117. The Morgan fingerprint density at radius 1 is 1.36 bits per heavy atom. The number of halogens is 2. The van der Waals surface area contributed by atoms with Crippen LogP contribution in [-0.4, -0.2) is 36.2 Å². The molecular formula is C16H19ClFN3O. The third-order valence-electron chi connectivity index (χ3n) is 4.53. The third-order valence-corrected chi connectivity index (χ3v) is 4.82. The average Bonchev–Trinajstić information content (AvgIpc) is 2.92. The average molecular weight is 324 g/mol. The number of hydrogen-bond acceptors (Lipinski definition) is 3.